The molecule has 13 nitrogen and oxygen atoms in total. The molecule has 184 valence electrons. The van der Waals surface area contributed by atoms with Crippen LogP contribution in [0.15, 0.2) is 0 Å². The van der Waals surface area contributed by atoms with Gasteiger partial charge in [0.1, 0.15) is 18.1 Å². The molecule has 0 aromatic heterocycles. The number of rotatable bonds is 15. The van der Waals surface area contributed by atoms with Gasteiger partial charge in [-0.15, -0.1) is 0 Å². The molecular formula is C18H32N4O9S. The number of amides is 3. The quantitative estimate of drug-likeness (QED) is 0.120. The van der Waals surface area contributed by atoms with E-state index in [4.69, 9.17) is 15.9 Å². The summed E-state index contributed by atoms with van der Waals surface area (Å²) in [5, 5.41) is 44.2. The molecule has 0 aliphatic carbocycles. The molecule has 6 atom stereocenters. The van der Waals surface area contributed by atoms with Gasteiger partial charge in [-0.05, 0) is 38.7 Å². The predicted octanol–water partition coefficient (Wildman–Crippen LogP) is -2.77. The average Bonchev–Trinajstić information content (AvgIpc) is 2.69. The topological polar surface area (TPSA) is 228 Å². The van der Waals surface area contributed by atoms with Crippen LogP contribution in [0.1, 0.15) is 33.1 Å². The Labute approximate surface area is 189 Å². The molecule has 0 saturated carbocycles. The van der Waals surface area contributed by atoms with Crippen molar-refractivity contribution in [2.24, 2.45) is 5.73 Å². The fourth-order valence-corrected chi connectivity index (χ4v) is 2.97. The van der Waals surface area contributed by atoms with Crippen LogP contribution >= 0.6 is 11.8 Å². The number of carboxylic acid groups (broad SMARTS) is 2. The first-order valence-corrected chi connectivity index (χ1v) is 11.2. The zero-order valence-corrected chi connectivity index (χ0v) is 18.9. The Morgan fingerprint density at radius 3 is 1.72 bits per heavy atom. The van der Waals surface area contributed by atoms with Crippen molar-refractivity contribution in [2.45, 2.75) is 69.5 Å². The molecule has 9 N–H and O–H groups in total. The molecule has 32 heavy (non-hydrogen) atoms. The maximum Gasteiger partial charge on any atom is 0.326 e. The summed E-state index contributed by atoms with van der Waals surface area (Å²) in [6.07, 6.45) is -1.66. The normalized spacial score (nSPS) is 16.6. The number of aliphatic hydroxyl groups is 2. The van der Waals surface area contributed by atoms with Crippen LogP contribution in [0.25, 0.3) is 0 Å². The molecule has 0 aliphatic heterocycles. The summed E-state index contributed by atoms with van der Waals surface area (Å²) >= 11 is 1.47. The molecule has 3 amide bonds. The maximum atomic E-state index is 12.6. The van der Waals surface area contributed by atoms with Crippen LogP contribution in [0.5, 0.6) is 0 Å². The smallest absolute Gasteiger partial charge is 0.326 e. The van der Waals surface area contributed by atoms with Crippen molar-refractivity contribution in [1.82, 2.24) is 16.0 Å². The zero-order chi connectivity index (χ0) is 25.0. The van der Waals surface area contributed by atoms with Gasteiger partial charge in [-0.3, -0.25) is 19.2 Å². The minimum absolute atomic E-state index is 0.326. The summed E-state index contributed by atoms with van der Waals surface area (Å²) in [6.45, 7) is 2.38. The number of aliphatic carboxylic acids is 2. The Hall–Kier alpha value is -2.42. The lowest BCUT2D eigenvalue weighted by Crippen LogP contribution is -2.61. The van der Waals surface area contributed by atoms with E-state index in [0.29, 0.717) is 12.2 Å². The fourth-order valence-electron chi connectivity index (χ4n) is 2.48. The molecule has 0 spiro atoms. The number of carbonyl (C=O) groups excluding carboxylic acids is 3. The van der Waals surface area contributed by atoms with Crippen molar-refractivity contribution in [3.8, 4) is 0 Å². The molecule has 0 saturated heterocycles. The number of carbonyl (C=O) groups is 5. The van der Waals surface area contributed by atoms with E-state index >= 15 is 0 Å². The summed E-state index contributed by atoms with van der Waals surface area (Å²) in [5.74, 6) is -4.96. The fraction of sp³-hybridized carbons (Fsp3) is 0.722. The van der Waals surface area contributed by atoms with E-state index in [1.165, 1.54) is 18.7 Å². The van der Waals surface area contributed by atoms with Gasteiger partial charge >= 0.3 is 11.9 Å². The molecule has 14 heteroatoms. The molecule has 0 radical (unpaired) electrons. The highest BCUT2D eigenvalue weighted by molar-refractivity contribution is 7.98. The second-order valence-corrected chi connectivity index (χ2v) is 8.16. The third kappa shape index (κ3) is 10.7. The number of carboxylic acids is 2. The molecular weight excluding hydrogens is 448 g/mol. The molecule has 0 heterocycles. The third-order valence-electron chi connectivity index (χ3n) is 4.36. The van der Waals surface area contributed by atoms with Crippen LogP contribution in [-0.4, -0.2) is 98.5 Å². The van der Waals surface area contributed by atoms with Gasteiger partial charge < -0.3 is 42.1 Å². The minimum atomic E-state index is -1.64. The highest BCUT2D eigenvalue weighted by Gasteiger charge is 2.34. The Kier molecular flexibility index (Phi) is 13.5. The van der Waals surface area contributed by atoms with Crippen LogP contribution in [0, 0.1) is 0 Å². The largest absolute Gasteiger partial charge is 0.481 e. The standard InChI is InChI=1S/C18H32N4O9S/c1-8(23)13(16(28)20-11(18(30)31)4-5-12(25)26)22-17(29)14(9(2)24)21-15(27)10(19)6-7-32-3/h8-11,13-14,23-24H,4-7,19H2,1-3H3,(H,20,28)(H,21,27)(H,22,29)(H,25,26)(H,30,31). The van der Waals surface area contributed by atoms with Crippen molar-refractivity contribution >= 4 is 41.4 Å². The number of hydrogen-bond donors (Lipinski definition) is 8. The first-order chi connectivity index (χ1) is 14.8. The highest BCUT2D eigenvalue weighted by Crippen LogP contribution is 2.04. The lowest BCUT2D eigenvalue weighted by Gasteiger charge is -2.27. The molecule has 0 bridgehead atoms. The van der Waals surface area contributed by atoms with Gasteiger partial charge in [0.05, 0.1) is 18.2 Å². The van der Waals surface area contributed by atoms with E-state index in [0.717, 1.165) is 6.92 Å². The van der Waals surface area contributed by atoms with Gasteiger partial charge in [-0.2, -0.15) is 11.8 Å². The van der Waals surface area contributed by atoms with E-state index in [2.05, 4.69) is 16.0 Å². The van der Waals surface area contributed by atoms with Crippen LogP contribution in [0.3, 0.4) is 0 Å². The Morgan fingerprint density at radius 2 is 1.31 bits per heavy atom. The Bertz CT molecular complexity index is 675. The monoisotopic (exact) mass is 480 g/mol. The molecule has 0 aliphatic rings. The number of thioether (sulfide) groups is 1. The first kappa shape index (κ1) is 29.6. The van der Waals surface area contributed by atoms with Crippen molar-refractivity contribution in [1.29, 1.82) is 0 Å². The van der Waals surface area contributed by atoms with Crippen LogP contribution < -0.4 is 21.7 Å². The van der Waals surface area contributed by atoms with Gasteiger partial charge in [0.25, 0.3) is 0 Å². The van der Waals surface area contributed by atoms with Crippen molar-refractivity contribution in [3.63, 3.8) is 0 Å². The van der Waals surface area contributed by atoms with Crippen molar-refractivity contribution in [3.05, 3.63) is 0 Å². The summed E-state index contributed by atoms with van der Waals surface area (Å²) in [4.78, 5) is 59.2. The van der Waals surface area contributed by atoms with Gasteiger partial charge in [0.2, 0.25) is 17.7 Å². The van der Waals surface area contributed by atoms with Crippen LogP contribution in [0.2, 0.25) is 0 Å². The average molecular weight is 481 g/mol. The first-order valence-electron chi connectivity index (χ1n) is 9.78. The van der Waals surface area contributed by atoms with E-state index in [-0.39, 0.29) is 0 Å². The number of hydrogen-bond acceptors (Lipinski definition) is 9. The lowest BCUT2D eigenvalue weighted by atomic mass is 10.1. The van der Waals surface area contributed by atoms with Gasteiger partial charge in [-0.25, -0.2) is 4.79 Å². The SMILES string of the molecule is CSCCC(N)C(=O)NC(C(=O)NC(C(=O)NC(CCC(=O)O)C(=O)O)C(C)O)C(C)O. The van der Waals surface area contributed by atoms with E-state index in [1.54, 1.807) is 0 Å². The van der Waals surface area contributed by atoms with Gasteiger partial charge in [-0.1, -0.05) is 0 Å². The van der Waals surface area contributed by atoms with Crippen molar-refractivity contribution in [2.75, 3.05) is 12.0 Å². The van der Waals surface area contributed by atoms with Crippen LogP contribution in [-0.2, 0) is 24.0 Å². The molecule has 0 fully saturated rings. The van der Waals surface area contributed by atoms with E-state index in [1.807, 2.05) is 6.26 Å². The summed E-state index contributed by atoms with van der Waals surface area (Å²) in [7, 11) is 0. The number of nitrogens with two attached hydrogens (primary N) is 1. The van der Waals surface area contributed by atoms with Gasteiger partial charge in [0, 0.05) is 6.42 Å². The van der Waals surface area contributed by atoms with Gasteiger partial charge in [0.15, 0.2) is 0 Å². The maximum absolute atomic E-state index is 12.6. The Morgan fingerprint density at radius 1 is 0.844 bits per heavy atom. The Balaban J connectivity index is 5.30. The lowest BCUT2D eigenvalue weighted by molar-refractivity contribution is -0.144. The number of aliphatic hydroxyl groups excluding tert-OH is 2. The zero-order valence-electron chi connectivity index (χ0n) is 18.1. The van der Waals surface area contributed by atoms with Crippen molar-refractivity contribution < 1.29 is 44.4 Å². The minimum Gasteiger partial charge on any atom is -0.481 e. The predicted molar refractivity (Wildman–Crippen MR) is 115 cm³/mol. The highest BCUT2D eigenvalue weighted by atomic mass is 32.2. The number of nitrogens with one attached hydrogen (secondary N) is 3. The summed E-state index contributed by atoms with van der Waals surface area (Å²) in [6, 6.07) is -5.65. The summed E-state index contributed by atoms with van der Waals surface area (Å²) < 4.78 is 0. The van der Waals surface area contributed by atoms with E-state index in [9.17, 15) is 34.2 Å². The second kappa shape index (κ2) is 14.6. The second-order valence-electron chi connectivity index (χ2n) is 7.17. The van der Waals surface area contributed by atoms with E-state index < -0.39 is 78.9 Å². The third-order valence-corrected chi connectivity index (χ3v) is 5.00. The summed E-state index contributed by atoms with van der Waals surface area (Å²) in [5.41, 5.74) is 5.74. The molecule has 6 unspecified atom stereocenters. The molecule has 0 rings (SSSR count). The molecule has 0 aromatic rings. The molecule has 0 aromatic carbocycles. The van der Waals surface area contributed by atoms with Crippen LogP contribution in [0.4, 0.5) is 0 Å².